The number of hydrogen-bond donors (Lipinski definition) is 2. The first-order chi connectivity index (χ1) is 13.7. The van der Waals surface area contributed by atoms with Crippen LogP contribution in [0.25, 0.3) is 10.2 Å². The highest BCUT2D eigenvalue weighted by atomic mass is 35.5. The molecule has 29 heavy (non-hydrogen) atoms. The van der Waals surface area contributed by atoms with Crippen molar-refractivity contribution < 1.29 is 19.4 Å². The Hall–Kier alpha value is -2.55. The first-order valence-corrected chi connectivity index (χ1v) is 9.95. The molecule has 0 fully saturated rings. The van der Waals surface area contributed by atoms with Crippen LogP contribution in [-0.2, 0) is 4.79 Å². The number of anilines is 1. The molecule has 3 aromatic rings. The number of urea groups is 1. The standard InChI is InChI=1S/C10H11N3OS.C9H8Cl2O3/c1-11-9(14)13(2)10-12-7-5-3-4-6-8(7)15-10;1-5(9(12)13)14-8-3-2-6(10)4-7(8)11/h3-6H,1-2H3,(H,11,14);2-5H,1H3,(H,12,13). The quantitative estimate of drug-likeness (QED) is 0.582. The smallest absolute Gasteiger partial charge is 0.344 e. The zero-order chi connectivity index (χ0) is 21.6. The summed E-state index contributed by atoms with van der Waals surface area (Å²) >= 11 is 12.9. The normalized spacial score (nSPS) is 11.2. The van der Waals surface area contributed by atoms with Gasteiger partial charge in [-0.1, -0.05) is 46.7 Å². The molecule has 154 valence electrons. The maximum Gasteiger partial charge on any atom is 0.344 e. The molecule has 0 bridgehead atoms. The van der Waals surface area contributed by atoms with Crippen LogP contribution in [0.3, 0.4) is 0 Å². The monoisotopic (exact) mass is 455 g/mol. The van der Waals surface area contributed by atoms with E-state index in [1.165, 1.54) is 35.3 Å². The van der Waals surface area contributed by atoms with Crippen molar-refractivity contribution in [3.05, 3.63) is 52.5 Å². The number of aromatic nitrogens is 1. The number of hydrogen-bond acceptors (Lipinski definition) is 5. The van der Waals surface area contributed by atoms with Crippen molar-refractivity contribution in [2.45, 2.75) is 13.0 Å². The highest BCUT2D eigenvalue weighted by molar-refractivity contribution is 7.22. The van der Waals surface area contributed by atoms with Crippen LogP contribution in [0.1, 0.15) is 6.92 Å². The molecule has 0 spiro atoms. The summed E-state index contributed by atoms with van der Waals surface area (Å²) in [4.78, 5) is 27.7. The molecule has 1 heterocycles. The lowest BCUT2D eigenvalue weighted by Crippen LogP contribution is -2.34. The van der Waals surface area contributed by atoms with Crippen molar-refractivity contribution in [3.63, 3.8) is 0 Å². The second-order valence-electron chi connectivity index (χ2n) is 5.75. The number of carboxylic acids is 1. The van der Waals surface area contributed by atoms with Crippen molar-refractivity contribution in [3.8, 4) is 5.75 Å². The molecule has 1 unspecified atom stereocenters. The summed E-state index contributed by atoms with van der Waals surface area (Å²) in [5.41, 5.74) is 0.924. The number of ether oxygens (including phenoxy) is 1. The van der Waals surface area contributed by atoms with Gasteiger partial charge in [0, 0.05) is 19.1 Å². The summed E-state index contributed by atoms with van der Waals surface area (Å²) in [6.07, 6.45) is -0.936. The van der Waals surface area contributed by atoms with Crippen LogP contribution in [0, 0.1) is 0 Å². The number of carboxylic acid groups (broad SMARTS) is 1. The van der Waals surface area contributed by atoms with E-state index in [1.54, 1.807) is 20.2 Å². The molecule has 0 saturated heterocycles. The molecule has 1 aromatic heterocycles. The van der Waals surface area contributed by atoms with Gasteiger partial charge in [0.1, 0.15) is 5.75 Å². The molecule has 0 aliphatic carbocycles. The van der Waals surface area contributed by atoms with Crippen molar-refractivity contribution in [1.29, 1.82) is 0 Å². The van der Waals surface area contributed by atoms with E-state index in [2.05, 4.69) is 10.3 Å². The topological polar surface area (TPSA) is 91.8 Å². The Morgan fingerprint density at radius 2 is 1.93 bits per heavy atom. The summed E-state index contributed by atoms with van der Waals surface area (Å²) < 4.78 is 6.16. The Kier molecular flexibility index (Phi) is 8.07. The lowest BCUT2D eigenvalue weighted by molar-refractivity contribution is -0.144. The van der Waals surface area contributed by atoms with Gasteiger partial charge in [0.2, 0.25) is 0 Å². The van der Waals surface area contributed by atoms with Crippen molar-refractivity contribution in [2.24, 2.45) is 0 Å². The summed E-state index contributed by atoms with van der Waals surface area (Å²) in [5, 5.41) is 12.6. The minimum atomic E-state index is -1.05. The lowest BCUT2D eigenvalue weighted by Gasteiger charge is -2.11. The molecule has 1 atom stereocenters. The summed E-state index contributed by atoms with van der Waals surface area (Å²) in [7, 11) is 3.31. The molecule has 0 saturated carbocycles. The Bertz CT molecular complexity index is 979. The maximum atomic E-state index is 11.4. The van der Waals surface area contributed by atoms with Crippen molar-refractivity contribution >= 4 is 61.9 Å². The molecular formula is C19H19Cl2N3O4S. The summed E-state index contributed by atoms with van der Waals surface area (Å²) in [5.74, 6) is -0.734. The van der Waals surface area contributed by atoms with Crippen LogP contribution in [0.4, 0.5) is 9.93 Å². The van der Waals surface area contributed by atoms with Crippen LogP contribution in [0.15, 0.2) is 42.5 Å². The maximum absolute atomic E-state index is 11.4. The van der Waals surface area contributed by atoms with Crippen LogP contribution >= 0.6 is 34.5 Å². The number of benzene rings is 2. The molecule has 2 aromatic carbocycles. The van der Waals surface area contributed by atoms with E-state index in [-0.39, 0.29) is 6.03 Å². The summed E-state index contributed by atoms with van der Waals surface area (Å²) in [6, 6.07) is 12.3. The number of carbonyl (C=O) groups is 2. The van der Waals surface area contributed by atoms with Gasteiger partial charge < -0.3 is 15.2 Å². The first-order valence-electron chi connectivity index (χ1n) is 8.38. The molecule has 2 amide bonds. The second-order valence-corrected chi connectivity index (χ2v) is 7.60. The largest absolute Gasteiger partial charge is 0.479 e. The van der Waals surface area contributed by atoms with E-state index in [0.717, 1.165) is 10.2 Å². The lowest BCUT2D eigenvalue weighted by atomic mass is 10.3. The third kappa shape index (κ3) is 6.22. The van der Waals surface area contributed by atoms with Crippen LogP contribution < -0.4 is 15.0 Å². The van der Waals surface area contributed by atoms with Gasteiger partial charge in [-0.2, -0.15) is 0 Å². The Morgan fingerprint density at radius 1 is 1.24 bits per heavy atom. The summed E-state index contributed by atoms with van der Waals surface area (Å²) in [6.45, 7) is 1.42. The molecule has 2 N–H and O–H groups in total. The minimum Gasteiger partial charge on any atom is -0.479 e. The molecule has 0 radical (unpaired) electrons. The van der Waals surface area contributed by atoms with Gasteiger partial charge in [0.25, 0.3) is 0 Å². The van der Waals surface area contributed by atoms with E-state index in [9.17, 15) is 9.59 Å². The Morgan fingerprint density at radius 3 is 2.52 bits per heavy atom. The average molecular weight is 456 g/mol. The number of fused-ring (bicyclic) bond motifs is 1. The highest BCUT2D eigenvalue weighted by Gasteiger charge is 2.14. The Balaban J connectivity index is 0.000000208. The fraction of sp³-hybridized carbons (Fsp3) is 0.211. The zero-order valence-electron chi connectivity index (χ0n) is 15.8. The third-order valence-electron chi connectivity index (χ3n) is 3.63. The van der Waals surface area contributed by atoms with E-state index < -0.39 is 12.1 Å². The average Bonchev–Trinajstić information content (AvgIpc) is 3.13. The van der Waals surface area contributed by atoms with Gasteiger partial charge in [0.05, 0.1) is 15.2 Å². The number of halogens is 2. The van der Waals surface area contributed by atoms with Gasteiger partial charge in [-0.15, -0.1) is 0 Å². The van der Waals surface area contributed by atoms with E-state index >= 15 is 0 Å². The third-order valence-corrected chi connectivity index (χ3v) is 5.28. The number of rotatable bonds is 4. The minimum absolute atomic E-state index is 0.158. The van der Waals surface area contributed by atoms with Crippen LogP contribution in [-0.4, -0.2) is 42.3 Å². The van der Waals surface area contributed by atoms with Gasteiger partial charge in [-0.25, -0.2) is 14.6 Å². The predicted molar refractivity (Wildman–Crippen MR) is 117 cm³/mol. The van der Waals surface area contributed by atoms with Crippen molar-refractivity contribution in [2.75, 3.05) is 19.0 Å². The van der Waals surface area contributed by atoms with Gasteiger partial charge in [0.15, 0.2) is 11.2 Å². The number of carbonyl (C=O) groups excluding carboxylic acids is 1. The molecular weight excluding hydrogens is 437 g/mol. The van der Waals surface area contributed by atoms with E-state index in [0.29, 0.717) is 20.9 Å². The molecule has 0 aliphatic rings. The van der Waals surface area contributed by atoms with Gasteiger partial charge in [-0.05, 0) is 37.3 Å². The fourth-order valence-electron chi connectivity index (χ4n) is 2.07. The first kappa shape index (κ1) is 22.7. The van der Waals surface area contributed by atoms with Crippen molar-refractivity contribution in [1.82, 2.24) is 10.3 Å². The second kappa shape index (κ2) is 10.3. The highest BCUT2D eigenvalue weighted by Crippen LogP contribution is 2.28. The van der Waals surface area contributed by atoms with Gasteiger partial charge >= 0.3 is 12.0 Å². The van der Waals surface area contributed by atoms with E-state index in [4.69, 9.17) is 33.0 Å². The number of thiazole rings is 1. The van der Waals surface area contributed by atoms with E-state index in [1.807, 2.05) is 24.3 Å². The number of amides is 2. The van der Waals surface area contributed by atoms with Gasteiger partial charge in [-0.3, -0.25) is 4.90 Å². The molecule has 10 heteroatoms. The molecule has 0 aliphatic heterocycles. The molecule has 3 rings (SSSR count). The zero-order valence-corrected chi connectivity index (χ0v) is 18.2. The number of nitrogens with one attached hydrogen (secondary N) is 1. The number of para-hydroxylation sites is 1. The van der Waals surface area contributed by atoms with Crippen LogP contribution in [0.2, 0.25) is 10.0 Å². The molecule has 7 nitrogen and oxygen atoms in total. The fourth-order valence-corrected chi connectivity index (χ4v) is 3.45. The van der Waals surface area contributed by atoms with Crippen LogP contribution in [0.5, 0.6) is 5.75 Å². The number of nitrogens with zero attached hydrogens (tertiary/aromatic N) is 2. The SMILES string of the molecule is CC(Oc1ccc(Cl)cc1Cl)C(=O)O.CNC(=O)N(C)c1nc2ccccc2s1. The Labute approximate surface area is 181 Å². The number of aliphatic carboxylic acids is 1. The predicted octanol–water partition coefficient (Wildman–Crippen LogP) is 4.92.